The molecule has 0 aliphatic heterocycles. The topological polar surface area (TPSA) is 35.5 Å². The van der Waals surface area contributed by atoms with Crippen molar-refractivity contribution in [2.24, 2.45) is 5.41 Å². The molecule has 2 aliphatic rings. The first kappa shape index (κ1) is 11.3. The van der Waals surface area contributed by atoms with E-state index < -0.39 is 0 Å². The summed E-state index contributed by atoms with van der Waals surface area (Å²) in [6, 6.07) is 3.70. The van der Waals surface area contributed by atoms with E-state index in [1.807, 2.05) is 12.1 Å². The third-order valence-corrected chi connectivity index (χ3v) is 4.08. The summed E-state index contributed by atoms with van der Waals surface area (Å²) in [4.78, 5) is 12.7. The first-order valence-electron chi connectivity index (χ1n) is 6.15. The number of ether oxygens (including phenoxy) is 2. The average Bonchev–Trinajstić information content (AvgIpc) is 2.97. The summed E-state index contributed by atoms with van der Waals surface area (Å²) in [5.74, 6) is 1.67. The van der Waals surface area contributed by atoms with E-state index in [1.54, 1.807) is 14.2 Å². The third kappa shape index (κ3) is 1.33. The fraction of sp³-hybridized carbons (Fsp3) is 0.400. The van der Waals surface area contributed by atoms with Crippen LogP contribution < -0.4 is 9.47 Å². The number of benzene rings is 1. The molecule has 0 heterocycles. The molecule has 1 aromatic carbocycles. The van der Waals surface area contributed by atoms with Crippen LogP contribution in [0.15, 0.2) is 24.3 Å². The molecule has 3 heteroatoms. The zero-order chi connectivity index (χ0) is 12.8. The summed E-state index contributed by atoms with van der Waals surface area (Å²) < 4.78 is 10.7. The number of rotatable bonds is 2. The van der Waals surface area contributed by atoms with Gasteiger partial charge in [0, 0.05) is 11.0 Å². The van der Waals surface area contributed by atoms with Gasteiger partial charge in [0.15, 0.2) is 5.78 Å². The highest BCUT2D eigenvalue weighted by Crippen LogP contribution is 2.50. The number of fused-ring (bicyclic) bond motifs is 1. The fourth-order valence-corrected chi connectivity index (χ4v) is 3.11. The van der Waals surface area contributed by atoms with Gasteiger partial charge in [-0.1, -0.05) is 12.2 Å². The van der Waals surface area contributed by atoms with Gasteiger partial charge in [-0.05, 0) is 31.4 Å². The maximum atomic E-state index is 12.7. The van der Waals surface area contributed by atoms with Gasteiger partial charge >= 0.3 is 0 Å². The molecule has 0 fully saturated rings. The average molecular weight is 244 g/mol. The lowest BCUT2D eigenvalue weighted by molar-refractivity contribution is 0.0832. The van der Waals surface area contributed by atoms with Gasteiger partial charge in [0.25, 0.3) is 0 Å². The number of Topliss-reactive ketones (excluding diaryl/α,β-unsaturated/α-hetero) is 1. The highest BCUT2D eigenvalue weighted by molar-refractivity contribution is 6.08. The molecule has 0 radical (unpaired) electrons. The van der Waals surface area contributed by atoms with Crippen LogP contribution in [0.5, 0.6) is 11.5 Å². The second kappa shape index (κ2) is 3.87. The molecule has 0 N–H and O–H groups in total. The quantitative estimate of drug-likeness (QED) is 0.750. The Kier molecular flexibility index (Phi) is 2.44. The summed E-state index contributed by atoms with van der Waals surface area (Å²) >= 11 is 0. The molecule has 0 saturated carbocycles. The molecule has 0 atom stereocenters. The van der Waals surface area contributed by atoms with Crippen LogP contribution in [0.25, 0.3) is 0 Å². The van der Waals surface area contributed by atoms with Gasteiger partial charge in [-0.3, -0.25) is 4.79 Å². The number of hydrogen-bond donors (Lipinski definition) is 0. The third-order valence-electron chi connectivity index (χ3n) is 4.08. The lowest BCUT2D eigenvalue weighted by Crippen LogP contribution is -2.24. The van der Waals surface area contributed by atoms with E-state index >= 15 is 0 Å². The van der Waals surface area contributed by atoms with E-state index in [2.05, 4.69) is 12.2 Å². The molecular formula is C15H16O3. The van der Waals surface area contributed by atoms with Gasteiger partial charge < -0.3 is 9.47 Å². The molecule has 18 heavy (non-hydrogen) atoms. The molecule has 94 valence electrons. The van der Waals surface area contributed by atoms with Gasteiger partial charge in [-0.15, -0.1) is 0 Å². The lowest BCUT2D eigenvalue weighted by atomic mass is 9.81. The van der Waals surface area contributed by atoms with Gasteiger partial charge in [0.05, 0.1) is 19.8 Å². The summed E-state index contributed by atoms with van der Waals surface area (Å²) in [6.07, 6.45) is 6.61. The van der Waals surface area contributed by atoms with Crippen LogP contribution in [-0.4, -0.2) is 20.0 Å². The zero-order valence-electron chi connectivity index (χ0n) is 10.7. The molecule has 0 aromatic heterocycles. The van der Waals surface area contributed by atoms with Gasteiger partial charge in [0.1, 0.15) is 11.5 Å². The number of hydrogen-bond acceptors (Lipinski definition) is 3. The van der Waals surface area contributed by atoms with Crippen molar-refractivity contribution in [2.75, 3.05) is 14.2 Å². The molecule has 0 saturated heterocycles. The minimum absolute atomic E-state index is 0.207. The van der Waals surface area contributed by atoms with Crippen LogP contribution in [0.4, 0.5) is 0 Å². The minimum atomic E-state index is -0.274. The van der Waals surface area contributed by atoms with Crippen LogP contribution >= 0.6 is 0 Å². The Morgan fingerprint density at radius 2 is 1.67 bits per heavy atom. The maximum absolute atomic E-state index is 12.7. The van der Waals surface area contributed by atoms with Crippen molar-refractivity contribution >= 4 is 5.78 Å². The zero-order valence-corrected chi connectivity index (χ0v) is 10.7. The Balaban J connectivity index is 2.15. The first-order chi connectivity index (χ1) is 8.72. The number of carbonyl (C=O) groups excluding carboxylic acids is 1. The second-order valence-corrected chi connectivity index (χ2v) is 4.99. The van der Waals surface area contributed by atoms with E-state index in [9.17, 15) is 4.79 Å². The molecule has 1 aromatic rings. The molecular weight excluding hydrogens is 228 g/mol. The highest BCUT2D eigenvalue weighted by Gasteiger charge is 2.48. The Morgan fingerprint density at radius 3 is 2.28 bits per heavy atom. The van der Waals surface area contributed by atoms with E-state index in [4.69, 9.17) is 9.47 Å². The normalized spacial score (nSPS) is 19.3. The van der Waals surface area contributed by atoms with Crippen molar-refractivity contribution in [1.29, 1.82) is 0 Å². The van der Waals surface area contributed by atoms with Crippen LogP contribution in [0.2, 0.25) is 0 Å². The maximum Gasteiger partial charge on any atom is 0.174 e. The number of ketones is 1. The van der Waals surface area contributed by atoms with E-state index in [0.29, 0.717) is 5.75 Å². The van der Waals surface area contributed by atoms with Crippen molar-refractivity contribution in [1.82, 2.24) is 0 Å². The summed E-state index contributed by atoms with van der Waals surface area (Å²) in [7, 11) is 3.25. The highest BCUT2D eigenvalue weighted by atomic mass is 16.5. The molecule has 3 nitrogen and oxygen atoms in total. The first-order valence-corrected chi connectivity index (χ1v) is 6.15. The molecule has 2 aliphatic carbocycles. The number of allylic oxidation sites excluding steroid dienone is 2. The van der Waals surface area contributed by atoms with Crippen molar-refractivity contribution in [3.63, 3.8) is 0 Å². The Bertz CT molecular complexity index is 535. The van der Waals surface area contributed by atoms with Gasteiger partial charge in [-0.25, -0.2) is 0 Å². The minimum Gasteiger partial charge on any atom is -0.496 e. The van der Waals surface area contributed by atoms with E-state index in [-0.39, 0.29) is 11.2 Å². The molecule has 0 bridgehead atoms. The Hall–Kier alpha value is -1.77. The van der Waals surface area contributed by atoms with Crippen LogP contribution in [-0.2, 0) is 6.42 Å². The summed E-state index contributed by atoms with van der Waals surface area (Å²) in [5, 5.41) is 0. The van der Waals surface area contributed by atoms with Gasteiger partial charge in [0.2, 0.25) is 0 Å². The molecule has 0 amide bonds. The molecule has 0 unspecified atom stereocenters. The van der Waals surface area contributed by atoms with Crippen molar-refractivity contribution < 1.29 is 14.3 Å². The van der Waals surface area contributed by atoms with Crippen molar-refractivity contribution in [3.8, 4) is 11.5 Å². The SMILES string of the molecule is COc1ccc(OC)c2c1CC1(CC=CC1)C2=O. The smallest absolute Gasteiger partial charge is 0.174 e. The fourth-order valence-electron chi connectivity index (χ4n) is 3.11. The number of methoxy groups -OCH3 is 2. The van der Waals surface area contributed by atoms with Crippen molar-refractivity contribution in [3.05, 3.63) is 35.4 Å². The lowest BCUT2D eigenvalue weighted by Gasteiger charge is -2.19. The van der Waals surface area contributed by atoms with Crippen LogP contribution in [0.3, 0.4) is 0 Å². The molecule has 1 spiro atoms. The molecule has 3 rings (SSSR count). The van der Waals surface area contributed by atoms with E-state index in [1.165, 1.54) is 0 Å². The van der Waals surface area contributed by atoms with E-state index in [0.717, 1.165) is 36.1 Å². The number of carbonyl (C=O) groups is 1. The van der Waals surface area contributed by atoms with Crippen LogP contribution in [0, 0.1) is 5.41 Å². The standard InChI is InChI=1S/C15H16O3/c1-17-11-5-6-12(18-2)13-10(11)9-15(14(13)16)7-3-4-8-15/h3-6H,7-9H2,1-2H3. The predicted molar refractivity (Wildman–Crippen MR) is 68.4 cm³/mol. The Labute approximate surface area is 106 Å². The second-order valence-electron chi connectivity index (χ2n) is 4.99. The van der Waals surface area contributed by atoms with Crippen LogP contribution in [0.1, 0.15) is 28.8 Å². The summed E-state index contributed by atoms with van der Waals surface area (Å²) in [6.45, 7) is 0. The largest absolute Gasteiger partial charge is 0.496 e. The monoisotopic (exact) mass is 244 g/mol. The predicted octanol–water partition coefficient (Wildman–Crippen LogP) is 2.78. The van der Waals surface area contributed by atoms with Gasteiger partial charge in [-0.2, -0.15) is 0 Å². The van der Waals surface area contributed by atoms with Crippen molar-refractivity contribution in [2.45, 2.75) is 19.3 Å². The summed E-state index contributed by atoms with van der Waals surface area (Å²) in [5.41, 5.74) is 1.45. The Morgan fingerprint density at radius 1 is 1.06 bits per heavy atom.